The van der Waals surface area contributed by atoms with Crippen LogP contribution < -0.4 is 10.2 Å². The molecule has 2 heterocycles. The Bertz CT molecular complexity index is 459. The summed E-state index contributed by atoms with van der Waals surface area (Å²) < 4.78 is 13.8. The first-order valence-corrected chi connectivity index (χ1v) is 8.35. The van der Waals surface area contributed by atoms with Gasteiger partial charge < -0.3 is 10.2 Å². The molecule has 21 heavy (non-hydrogen) atoms. The minimum Gasteiger partial charge on any atom is -0.353 e. The molecule has 1 aromatic rings. The van der Waals surface area contributed by atoms with Crippen LogP contribution in [-0.4, -0.2) is 30.2 Å². The Labute approximate surface area is 126 Å². The monoisotopic (exact) mass is 291 g/mol. The van der Waals surface area contributed by atoms with Crippen molar-refractivity contribution >= 4 is 5.82 Å². The number of halogens is 1. The summed E-state index contributed by atoms with van der Waals surface area (Å²) in [5.41, 5.74) is 0. The van der Waals surface area contributed by atoms with Crippen molar-refractivity contribution in [2.24, 2.45) is 5.92 Å². The summed E-state index contributed by atoms with van der Waals surface area (Å²) in [7, 11) is 0. The first kappa shape index (κ1) is 14.8. The van der Waals surface area contributed by atoms with Crippen molar-refractivity contribution in [3.8, 4) is 0 Å². The van der Waals surface area contributed by atoms with E-state index in [9.17, 15) is 4.39 Å². The maximum atomic E-state index is 13.8. The molecule has 1 N–H and O–H groups in total. The fraction of sp³-hybridized carbons (Fsp3) is 0.706. The Balaban J connectivity index is 1.53. The molecule has 0 spiro atoms. The highest BCUT2D eigenvalue weighted by Crippen LogP contribution is 2.27. The van der Waals surface area contributed by atoms with Crippen LogP contribution in [0.1, 0.15) is 45.4 Å². The summed E-state index contributed by atoms with van der Waals surface area (Å²) in [4.78, 5) is 6.26. The number of nitrogens with zero attached hydrogens (tertiary/aromatic N) is 2. The lowest BCUT2D eigenvalue weighted by Gasteiger charge is -2.30. The molecule has 0 amide bonds. The molecule has 1 aliphatic heterocycles. The van der Waals surface area contributed by atoms with E-state index >= 15 is 0 Å². The normalized spacial score (nSPS) is 25.2. The summed E-state index contributed by atoms with van der Waals surface area (Å²) in [5, 5.41) is 3.78. The zero-order valence-electron chi connectivity index (χ0n) is 12.9. The molecule has 2 unspecified atom stereocenters. The Morgan fingerprint density at radius 3 is 2.86 bits per heavy atom. The number of rotatable bonds is 4. The first-order chi connectivity index (χ1) is 10.2. The van der Waals surface area contributed by atoms with Gasteiger partial charge in [0.2, 0.25) is 0 Å². The van der Waals surface area contributed by atoms with Gasteiger partial charge in [-0.15, -0.1) is 0 Å². The second-order valence-electron chi connectivity index (χ2n) is 6.59. The zero-order valence-corrected chi connectivity index (χ0v) is 12.9. The molecule has 2 aliphatic rings. The van der Waals surface area contributed by atoms with Crippen LogP contribution in [-0.2, 0) is 0 Å². The lowest BCUT2D eigenvalue weighted by Crippen LogP contribution is -2.43. The number of anilines is 1. The van der Waals surface area contributed by atoms with Crippen LogP contribution in [0.3, 0.4) is 0 Å². The molecule has 1 saturated carbocycles. The van der Waals surface area contributed by atoms with Crippen LogP contribution in [0.25, 0.3) is 0 Å². The predicted molar refractivity (Wildman–Crippen MR) is 84.0 cm³/mol. The van der Waals surface area contributed by atoms with Crippen LogP contribution in [0, 0.1) is 11.7 Å². The van der Waals surface area contributed by atoms with E-state index in [2.05, 4.69) is 22.1 Å². The van der Waals surface area contributed by atoms with Gasteiger partial charge >= 0.3 is 0 Å². The highest BCUT2D eigenvalue weighted by molar-refractivity contribution is 5.41. The number of aromatic nitrogens is 1. The lowest BCUT2D eigenvalue weighted by atomic mass is 9.84. The molecule has 0 aromatic carbocycles. The zero-order chi connectivity index (χ0) is 14.7. The van der Waals surface area contributed by atoms with E-state index < -0.39 is 0 Å². The number of pyridine rings is 1. The number of nitrogens with one attached hydrogen (secondary N) is 1. The van der Waals surface area contributed by atoms with Crippen LogP contribution in [0.5, 0.6) is 0 Å². The molecule has 1 aliphatic carbocycles. The van der Waals surface area contributed by atoms with Crippen LogP contribution >= 0.6 is 0 Å². The van der Waals surface area contributed by atoms with E-state index in [0.29, 0.717) is 17.9 Å². The summed E-state index contributed by atoms with van der Waals surface area (Å²) in [6.45, 7) is 4.08. The van der Waals surface area contributed by atoms with E-state index in [1.54, 1.807) is 12.3 Å². The molecule has 0 radical (unpaired) electrons. The van der Waals surface area contributed by atoms with Crippen LogP contribution in [0.2, 0.25) is 0 Å². The van der Waals surface area contributed by atoms with Gasteiger partial charge in [-0.1, -0.05) is 19.3 Å². The Morgan fingerprint density at radius 2 is 2.10 bits per heavy atom. The van der Waals surface area contributed by atoms with Crippen molar-refractivity contribution in [2.75, 3.05) is 18.0 Å². The average Bonchev–Trinajstić information content (AvgIpc) is 2.97. The molecule has 2 atom stereocenters. The molecular formula is C17H26FN3. The molecule has 1 saturated heterocycles. The Kier molecular flexibility index (Phi) is 4.73. The van der Waals surface area contributed by atoms with E-state index in [1.165, 1.54) is 38.2 Å². The molecule has 4 heteroatoms. The fourth-order valence-electron chi connectivity index (χ4n) is 3.84. The third-order valence-electron chi connectivity index (χ3n) is 5.08. The fourth-order valence-corrected chi connectivity index (χ4v) is 3.84. The number of hydrogen-bond donors (Lipinski definition) is 1. The molecule has 116 valence electrons. The van der Waals surface area contributed by atoms with E-state index in [0.717, 1.165) is 25.4 Å². The predicted octanol–water partition coefficient (Wildman–Crippen LogP) is 3.36. The van der Waals surface area contributed by atoms with Crippen molar-refractivity contribution in [3.63, 3.8) is 0 Å². The molecule has 2 fully saturated rings. The molecule has 3 rings (SSSR count). The second kappa shape index (κ2) is 6.73. The lowest BCUT2D eigenvalue weighted by molar-refractivity contribution is 0.267. The summed E-state index contributed by atoms with van der Waals surface area (Å²) in [5.74, 6) is 1.12. The molecular weight excluding hydrogens is 265 g/mol. The van der Waals surface area contributed by atoms with Gasteiger partial charge in [-0.25, -0.2) is 9.37 Å². The van der Waals surface area contributed by atoms with Crippen molar-refractivity contribution in [3.05, 3.63) is 24.1 Å². The van der Waals surface area contributed by atoms with Gasteiger partial charge in [-0.05, 0) is 44.2 Å². The van der Waals surface area contributed by atoms with Gasteiger partial charge in [0.25, 0.3) is 0 Å². The molecule has 3 nitrogen and oxygen atoms in total. The first-order valence-electron chi connectivity index (χ1n) is 8.35. The third-order valence-corrected chi connectivity index (χ3v) is 5.08. The number of hydrogen-bond acceptors (Lipinski definition) is 3. The van der Waals surface area contributed by atoms with Gasteiger partial charge in [0.05, 0.1) is 0 Å². The summed E-state index contributed by atoms with van der Waals surface area (Å²) in [6, 6.07) is 4.18. The highest BCUT2D eigenvalue weighted by atomic mass is 19.1. The van der Waals surface area contributed by atoms with E-state index in [4.69, 9.17) is 0 Å². The highest BCUT2D eigenvalue weighted by Gasteiger charge is 2.28. The van der Waals surface area contributed by atoms with Crippen molar-refractivity contribution < 1.29 is 4.39 Å². The summed E-state index contributed by atoms with van der Waals surface area (Å²) >= 11 is 0. The smallest absolute Gasteiger partial charge is 0.165 e. The van der Waals surface area contributed by atoms with Crippen molar-refractivity contribution in [2.45, 2.75) is 57.5 Å². The van der Waals surface area contributed by atoms with Crippen molar-refractivity contribution in [1.29, 1.82) is 0 Å². The molecule has 0 bridgehead atoms. The third kappa shape index (κ3) is 3.54. The van der Waals surface area contributed by atoms with Gasteiger partial charge in [0.1, 0.15) is 0 Å². The van der Waals surface area contributed by atoms with Crippen LogP contribution in [0.4, 0.5) is 10.2 Å². The minimum absolute atomic E-state index is 0.210. The quantitative estimate of drug-likeness (QED) is 0.922. The SMILES string of the molecule is CC(NC1CCN(c2ncccc2F)C1)C1CCCCC1. The van der Waals surface area contributed by atoms with Gasteiger partial charge in [-0.2, -0.15) is 0 Å². The maximum absolute atomic E-state index is 13.8. The second-order valence-corrected chi connectivity index (χ2v) is 6.59. The van der Waals surface area contributed by atoms with Gasteiger partial charge in [0, 0.05) is 31.4 Å². The largest absolute Gasteiger partial charge is 0.353 e. The van der Waals surface area contributed by atoms with E-state index in [1.807, 2.05) is 0 Å². The Morgan fingerprint density at radius 1 is 1.29 bits per heavy atom. The van der Waals surface area contributed by atoms with Crippen molar-refractivity contribution in [1.82, 2.24) is 10.3 Å². The standard InChI is InChI=1S/C17H26FN3/c1-13(14-6-3-2-4-7-14)20-15-9-11-21(12-15)17-16(18)8-5-10-19-17/h5,8,10,13-15,20H,2-4,6-7,9,11-12H2,1H3. The Hall–Kier alpha value is -1.16. The minimum atomic E-state index is -0.210. The maximum Gasteiger partial charge on any atom is 0.165 e. The summed E-state index contributed by atoms with van der Waals surface area (Å²) in [6.07, 6.45) is 9.63. The van der Waals surface area contributed by atoms with Gasteiger partial charge in [-0.3, -0.25) is 0 Å². The van der Waals surface area contributed by atoms with Crippen LogP contribution in [0.15, 0.2) is 18.3 Å². The molecule has 1 aromatic heterocycles. The topological polar surface area (TPSA) is 28.2 Å². The van der Waals surface area contributed by atoms with E-state index in [-0.39, 0.29) is 5.82 Å². The van der Waals surface area contributed by atoms with Gasteiger partial charge in [0.15, 0.2) is 11.6 Å². The average molecular weight is 291 g/mol.